The lowest BCUT2D eigenvalue weighted by Gasteiger charge is -2.13. The molecule has 0 aromatic carbocycles. The highest BCUT2D eigenvalue weighted by atomic mass is 16.3. The zero-order chi connectivity index (χ0) is 10.3. The Balaban J connectivity index is 2.94. The quantitative estimate of drug-likeness (QED) is 0.742. The van der Waals surface area contributed by atoms with Gasteiger partial charge in [-0.1, -0.05) is 0 Å². The van der Waals surface area contributed by atoms with Gasteiger partial charge in [-0.05, 0) is 26.0 Å². The van der Waals surface area contributed by atoms with E-state index >= 15 is 0 Å². The first-order valence-corrected chi connectivity index (χ1v) is 4.53. The van der Waals surface area contributed by atoms with Gasteiger partial charge in [0.2, 0.25) is 0 Å². The highest BCUT2D eigenvalue weighted by molar-refractivity contribution is 5.49. The van der Waals surface area contributed by atoms with Crippen LogP contribution in [0.3, 0.4) is 0 Å². The molecule has 2 rings (SSSR count). The lowest BCUT2D eigenvalue weighted by atomic mass is 10.3. The van der Waals surface area contributed by atoms with Crippen molar-refractivity contribution in [3.8, 4) is 5.75 Å². The maximum absolute atomic E-state index is 11.6. The molecule has 0 bridgehead atoms. The van der Waals surface area contributed by atoms with Crippen molar-refractivity contribution >= 4 is 5.52 Å². The van der Waals surface area contributed by atoms with Crippen LogP contribution in [-0.2, 0) is 0 Å². The van der Waals surface area contributed by atoms with E-state index in [0.717, 1.165) is 5.52 Å². The molecule has 74 valence electrons. The molecule has 0 amide bonds. The Morgan fingerprint density at radius 3 is 2.79 bits per heavy atom. The second-order valence-electron chi connectivity index (χ2n) is 3.55. The molecular weight excluding hydrogens is 180 g/mol. The molecule has 0 radical (unpaired) electrons. The molecule has 2 heterocycles. The summed E-state index contributed by atoms with van der Waals surface area (Å²) >= 11 is 0. The van der Waals surface area contributed by atoms with Crippen LogP contribution in [0.15, 0.2) is 29.2 Å². The van der Waals surface area contributed by atoms with Crippen LogP contribution in [0.4, 0.5) is 0 Å². The monoisotopic (exact) mass is 192 g/mol. The number of aromatic nitrogens is 2. The molecule has 0 atom stereocenters. The average Bonchev–Trinajstić information content (AvgIpc) is 2.52. The number of fused-ring (bicyclic) bond motifs is 1. The molecule has 0 unspecified atom stereocenters. The Morgan fingerprint density at radius 1 is 1.43 bits per heavy atom. The first kappa shape index (κ1) is 8.87. The van der Waals surface area contributed by atoms with Crippen molar-refractivity contribution in [2.24, 2.45) is 0 Å². The van der Waals surface area contributed by atoms with Crippen LogP contribution in [0.25, 0.3) is 5.52 Å². The third-order valence-corrected chi connectivity index (χ3v) is 2.19. The van der Waals surface area contributed by atoms with Crippen molar-refractivity contribution in [2.75, 3.05) is 0 Å². The fourth-order valence-corrected chi connectivity index (χ4v) is 1.60. The van der Waals surface area contributed by atoms with Crippen LogP contribution < -0.4 is 5.56 Å². The lowest BCUT2D eigenvalue weighted by Crippen LogP contribution is -2.26. The number of aromatic hydroxyl groups is 1. The maximum Gasteiger partial charge on any atom is 0.307 e. The molecule has 0 aliphatic rings. The van der Waals surface area contributed by atoms with Gasteiger partial charge in [0.1, 0.15) is 0 Å². The predicted octanol–water partition coefficient (Wildman–Crippen LogP) is 1.39. The molecule has 4 heteroatoms. The van der Waals surface area contributed by atoms with Gasteiger partial charge in [0.05, 0.1) is 5.52 Å². The zero-order valence-electron chi connectivity index (χ0n) is 8.14. The average molecular weight is 192 g/mol. The summed E-state index contributed by atoms with van der Waals surface area (Å²) in [5, 5.41) is 9.42. The minimum Gasteiger partial charge on any atom is -0.503 e. The molecule has 0 saturated carbocycles. The highest BCUT2D eigenvalue weighted by Crippen LogP contribution is 2.11. The molecule has 14 heavy (non-hydrogen) atoms. The van der Waals surface area contributed by atoms with Gasteiger partial charge in [-0.15, -0.1) is 0 Å². The van der Waals surface area contributed by atoms with Gasteiger partial charge < -0.3 is 5.11 Å². The van der Waals surface area contributed by atoms with Crippen LogP contribution in [-0.4, -0.2) is 14.3 Å². The number of rotatable bonds is 1. The molecule has 4 nitrogen and oxygen atoms in total. The SMILES string of the molecule is CC(C)n1c(=O)c(O)cc2cccn21. The van der Waals surface area contributed by atoms with Gasteiger partial charge in [-0.25, -0.2) is 4.68 Å². The summed E-state index contributed by atoms with van der Waals surface area (Å²) in [6, 6.07) is 5.18. The summed E-state index contributed by atoms with van der Waals surface area (Å²) in [5.41, 5.74) is 0.458. The van der Waals surface area contributed by atoms with E-state index in [-0.39, 0.29) is 17.4 Å². The summed E-state index contributed by atoms with van der Waals surface area (Å²) in [5.74, 6) is -0.204. The van der Waals surface area contributed by atoms with E-state index in [1.807, 2.05) is 26.0 Å². The summed E-state index contributed by atoms with van der Waals surface area (Å²) < 4.78 is 3.26. The van der Waals surface area contributed by atoms with Crippen molar-refractivity contribution in [1.29, 1.82) is 0 Å². The van der Waals surface area contributed by atoms with Gasteiger partial charge in [-0.3, -0.25) is 9.31 Å². The molecule has 0 aliphatic carbocycles. The maximum atomic E-state index is 11.6. The summed E-state index contributed by atoms with van der Waals surface area (Å²) in [6.45, 7) is 3.81. The fraction of sp³-hybridized carbons (Fsp3) is 0.300. The van der Waals surface area contributed by atoms with E-state index in [1.165, 1.54) is 10.7 Å². The van der Waals surface area contributed by atoms with E-state index in [2.05, 4.69) is 0 Å². The van der Waals surface area contributed by atoms with Gasteiger partial charge in [0.15, 0.2) is 5.75 Å². The standard InChI is InChI=1S/C10H12N2O2/c1-7(2)12-10(14)9(13)6-8-4-3-5-11(8)12/h3-7,13H,1-2H3. The smallest absolute Gasteiger partial charge is 0.307 e. The van der Waals surface area contributed by atoms with Crippen molar-refractivity contribution in [2.45, 2.75) is 19.9 Å². The Hall–Kier alpha value is -1.71. The molecule has 2 aromatic heterocycles. The molecule has 1 N–H and O–H groups in total. The van der Waals surface area contributed by atoms with Crippen molar-refractivity contribution in [1.82, 2.24) is 9.20 Å². The Labute approximate surface area is 81.0 Å². The van der Waals surface area contributed by atoms with Gasteiger partial charge in [-0.2, -0.15) is 0 Å². The first-order chi connectivity index (χ1) is 6.61. The van der Waals surface area contributed by atoms with E-state index in [1.54, 1.807) is 10.7 Å². The van der Waals surface area contributed by atoms with E-state index in [4.69, 9.17) is 0 Å². The van der Waals surface area contributed by atoms with Crippen LogP contribution >= 0.6 is 0 Å². The zero-order valence-corrected chi connectivity index (χ0v) is 8.14. The van der Waals surface area contributed by atoms with Gasteiger partial charge >= 0.3 is 5.56 Å². The third-order valence-electron chi connectivity index (χ3n) is 2.19. The number of hydrogen-bond acceptors (Lipinski definition) is 2. The number of nitrogens with zero attached hydrogens (tertiary/aromatic N) is 2. The second kappa shape index (κ2) is 2.90. The molecular formula is C10H12N2O2. The number of hydrogen-bond donors (Lipinski definition) is 1. The van der Waals surface area contributed by atoms with Crippen molar-refractivity contribution in [3.05, 3.63) is 34.7 Å². The third kappa shape index (κ3) is 1.11. The van der Waals surface area contributed by atoms with Crippen LogP contribution in [0.5, 0.6) is 5.75 Å². The Kier molecular flexibility index (Phi) is 1.84. The first-order valence-electron chi connectivity index (χ1n) is 4.53. The topological polar surface area (TPSA) is 46.6 Å². The minimum absolute atomic E-state index is 0.0181. The van der Waals surface area contributed by atoms with Crippen molar-refractivity contribution in [3.63, 3.8) is 0 Å². The molecule has 0 aliphatic heterocycles. The van der Waals surface area contributed by atoms with E-state index in [0.29, 0.717) is 0 Å². The summed E-state index contributed by atoms with van der Waals surface area (Å²) in [6.07, 6.45) is 1.80. The molecule has 2 aromatic rings. The summed E-state index contributed by atoms with van der Waals surface area (Å²) in [7, 11) is 0. The van der Waals surface area contributed by atoms with Gasteiger partial charge in [0, 0.05) is 18.3 Å². The normalized spacial score (nSPS) is 11.4. The lowest BCUT2D eigenvalue weighted by molar-refractivity contribution is 0.420. The second-order valence-corrected chi connectivity index (χ2v) is 3.55. The summed E-state index contributed by atoms with van der Waals surface area (Å²) in [4.78, 5) is 11.6. The Bertz CT molecular complexity index is 522. The Morgan fingerprint density at radius 2 is 2.14 bits per heavy atom. The van der Waals surface area contributed by atoms with Crippen LogP contribution in [0.2, 0.25) is 0 Å². The van der Waals surface area contributed by atoms with E-state index < -0.39 is 0 Å². The van der Waals surface area contributed by atoms with Gasteiger partial charge in [0.25, 0.3) is 0 Å². The fourth-order valence-electron chi connectivity index (χ4n) is 1.60. The largest absolute Gasteiger partial charge is 0.503 e. The highest BCUT2D eigenvalue weighted by Gasteiger charge is 2.09. The molecule has 0 fully saturated rings. The predicted molar refractivity (Wildman–Crippen MR) is 53.7 cm³/mol. The molecule has 0 spiro atoms. The minimum atomic E-state index is -0.358. The molecule has 0 saturated heterocycles. The van der Waals surface area contributed by atoms with Crippen LogP contribution in [0, 0.1) is 0 Å². The van der Waals surface area contributed by atoms with Crippen LogP contribution in [0.1, 0.15) is 19.9 Å². The van der Waals surface area contributed by atoms with Crippen molar-refractivity contribution < 1.29 is 5.11 Å². The van der Waals surface area contributed by atoms with E-state index in [9.17, 15) is 9.90 Å².